The van der Waals surface area contributed by atoms with Gasteiger partial charge in [0.05, 0.1) is 6.61 Å². The van der Waals surface area contributed by atoms with Gasteiger partial charge in [0.15, 0.2) is 0 Å². The molecular weight excluding hydrogens is 258 g/mol. The van der Waals surface area contributed by atoms with Gasteiger partial charge >= 0.3 is 0 Å². The van der Waals surface area contributed by atoms with Gasteiger partial charge in [-0.05, 0) is 19.3 Å². The Bertz CT molecular complexity index is 172. The van der Waals surface area contributed by atoms with Crippen molar-refractivity contribution in [2.24, 2.45) is 5.92 Å². The Morgan fingerprint density at radius 3 is 2.47 bits per heavy atom. The lowest BCUT2D eigenvalue weighted by Crippen LogP contribution is -2.32. The first kappa shape index (κ1) is 14.9. The Hall–Kier alpha value is -0.0900. The van der Waals surface area contributed by atoms with Crippen molar-refractivity contribution >= 4 is 21.8 Å². The first-order valence-electron chi connectivity index (χ1n) is 5.56. The summed E-state index contributed by atoms with van der Waals surface area (Å²) in [6.07, 6.45) is 2.73. The number of amides is 1. The van der Waals surface area contributed by atoms with Crippen LogP contribution >= 0.6 is 15.9 Å². The average Bonchev–Trinajstić information content (AvgIpc) is 2.20. The molecule has 1 amide bonds. The van der Waals surface area contributed by atoms with Crippen molar-refractivity contribution in [2.75, 3.05) is 20.3 Å². The van der Waals surface area contributed by atoms with E-state index in [1.165, 1.54) is 0 Å². The van der Waals surface area contributed by atoms with E-state index in [1.807, 2.05) is 13.8 Å². The van der Waals surface area contributed by atoms with E-state index in [0.29, 0.717) is 18.0 Å². The number of carbonyl (C=O) groups excluding carboxylic acids is 1. The Kier molecular flexibility index (Phi) is 9.10. The van der Waals surface area contributed by atoms with E-state index >= 15 is 0 Å². The summed E-state index contributed by atoms with van der Waals surface area (Å²) in [6.45, 7) is 5.49. The van der Waals surface area contributed by atoms with Gasteiger partial charge in [0.2, 0.25) is 5.91 Å². The van der Waals surface area contributed by atoms with Crippen LogP contribution in [0.3, 0.4) is 0 Å². The summed E-state index contributed by atoms with van der Waals surface area (Å²) >= 11 is 3.48. The molecular formula is C11H22BrNO2. The Morgan fingerprint density at radius 2 is 2.00 bits per heavy atom. The van der Waals surface area contributed by atoms with Crippen molar-refractivity contribution in [1.29, 1.82) is 0 Å². The smallest absolute Gasteiger partial charge is 0.223 e. The second-order valence-corrected chi connectivity index (χ2v) is 4.94. The minimum absolute atomic E-state index is 0.168. The molecule has 0 aromatic rings. The van der Waals surface area contributed by atoms with Gasteiger partial charge in [-0.15, -0.1) is 0 Å². The van der Waals surface area contributed by atoms with Gasteiger partial charge in [-0.25, -0.2) is 0 Å². The molecule has 0 aliphatic heterocycles. The van der Waals surface area contributed by atoms with Crippen molar-refractivity contribution in [3.8, 4) is 0 Å². The van der Waals surface area contributed by atoms with Crippen molar-refractivity contribution in [1.82, 2.24) is 5.32 Å². The predicted octanol–water partition coefficient (Wildman–Crippen LogP) is 2.34. The van der Waals surface area contributed by atoms with E-state index in [9.17, 15) is 4.79 Å². The zero-order valence-electron chi connectivity index (χ0n) is 9.88. The molecule has 0 fully saturated rings. The fourth-order valence-corrected chi connectivity index (χ4v) is 1.91. The maximum Gasteiger partial charge on any atom is 0.223 e. The van der Waals surface area contributed by atoms with E-state index in [-0.39, 0.29) is 11.8 Å². The lowest BCUT2D eigenvalue weighted by atomic mass is 10.0. The zero-order valence-corrected chi connectivity index (χ0v) is 11.5. The number of rotatable bonds is 8. The van der Waals surface area contributed by atoms with Crippen LogP contribution in [0.5, 0.6) is 0 Å². The number of nitrogens with one attached hydrogen (secondary N) is 1. The quantitative estimate of drug-likeness (QED) is 0.693. The summed E-state index contributed by atoms with van der Waals surface area (Å²) in [6, 6.07) is 0. The first-order chi connectivity index (χ1) is 7.15. The molecule has 0 aliphatic carbocycles. The highest BCUT2D eigenvalue weighted by atomic mass is 79.9. The third-order valence-corrected chi connectivity index (χ3v) is 3.18. The molecule has 1 atom stereocenters. The molecule has 4 heteroatoms. The highest BCUT2D eigenvalue weighted by Gasteiger charge is 2.13. The summed E-state index contributed by atoms with van der Waals surface area (Å²) in [7, 11) is 1.68. The summed E-state index contributed by atoms with van der Waals surface area (Å²) in [5, 5.41) is 2.95. The lowest BCUT2D eigenvalue weighted by Gasteiger charge is -2.14. The predicted molar refractivity (Wildman–Crippen MR) is 66.3 cm³/mol. The molecule has 0 aliphatic rings. The Morgan fingerprint density at radius 1 is 1.40 bits per heavy atom. The van der Waals surface area contributed by atoms with Crippen molar-refractivity contribution in [3.05, 3.63) is 0 Å². The fraction of sp³-hybridized carbons (Fsp3) is 0.909. The van der Waals surface area contributed by atoms with Gasteiger partial charge in [-0.1, -0.05) is 29.8 Å². The minimum Gasteiger partial charge on any atom is -0.384 e. The van der Waals surface area contributed by atoms with Crippen LogP contribution in [-0.4, -0.2) is 31.0 Å². The number of hydrogen-bond acceptors (Lipinski definition) is 2. The summed E-state index contributed by atoms with van der Waals surface area (Å²) < 4.78 is 4.99. The maximum atomic E-state index is 11.6. The van der Waals surface area contributed by atoms with Crippen LogP contribution in [0.1, 0.15) is 33.1 Å². The van der Waals surface area contributed by atoms with Gasteiger partial charge < -0.3 is 10.1 Å². The molecule has 0 rings (SSSR count). The van der Waals surface area contributed by atoms with Crippen LogP contribution in [0.2, 0.25) is 0 Å². The van der Waals surface area contributed by atoms with Gasteiger partial charge in [0.25, 0.3) is 0 Å². The van der Waals surface area contributed by atoms with Gasteiger partial charge in [0, 0.05) is 24.4 Å². The van der Waals surface area contributed by atoms with Gasteiger partial charge in [0.1, 0.15) is 0 Å². The molecule has 15 heavy (non-hydrogen) atoms. The number of hydrogen-bond donors (Lipinski definition) is 1. The van der Waals surface area contributed by atoms with Crippen molar-refractivity contribution in [2.45, 2.75) is 37.9 Å². The number of alkyl halides is 1. The van der Waals surface area contributed by atoms with Gasteiger partial charge in [-0.3, -0.25) is 4.79 Å². The van der Waals surface area contributed by atoms with Crippen LogP contribution in [0.4, 0.5) is 0 Å². The Labute approximate surface area is 101 Å². The van der Waals surface area contributed by atoms with Crippen LogP contribution in [-0.2, 0) is 9.53 Å². The lowest BCUT2D eigenvalue weighted by molar-refractivity contribution is -0.125. The third-order valence-electron chi connectivity index (χ3n) is 2.46. The fourth-order valence-electron chi connectivity index (χ4n) is 1.42. The minimum atomic E-state index is 0.168. The first-order valence-corrected chi connectivity index (χ1v) is 6.47. The molecule has 3 nitrogen and oxygen atoms in total. The van der Waals surface area contributed by atoms with Crippen LogP contribution < -0.4 is 5.32 Å². The highest BCUT2D eigenvalue weighted by Crippen LogP contribution is 2.08. The van der Waals surface area contributed by atoms with Crippen LogP contribution in [0.25, 0.3) is 0 Å². The summed E-state index contributed by atoms with van der Waals surface area (Å²) in [5.41, 5.74) is 0. The number of methoxy groups -OCH3 is 1. The number of halogens is 1. The molecule has 0 saturated carbocycles. The zero-order chi connectivity index (χ0) is 11.7. The molecule has 0 heterocycles. The van der Waals surface area contributed by atoms with Crippen molar-refractivity contribution < 1.29 is 9.53 Å². The van der Waals surface area contributed by atoms with E-state index in [0.717, 1.165) is 19.3 Å². The number of ether oxygens (including phenoxy) is 1. The molecule has 0 bridgehead atoms. The molecule has 90 valence electrons. The van der Waals surface area contributed by atoms with E-state index in [4.69, 9.17) is 4.74 Å². The van der Waals surface area contributed by atoms with Crippen LogP contribution in [0.15, 0.2) is 0 Å². The largest absolute Gasteiger partial charge is 0.384 e. The monoisotopic (exact) mass is 279 g/mol. The molecule has 0 saturated heterocycles. The second kappa shape index (κ2) is 9.16. The van der Waals surface area contributed by atoms with Crippen molar-refractivity contribution in [3.63, 3.8) is 0 Å². The van der Waals surface area contributed by atoms with Gasteiger partial charge in [-0.2, -0.15) is 0 Å². The molecule has 0 spiro atoms. The summed E-state index contributed by atoms with van der Waals surface area (Å²) in [4.78, 5) is 11.9. The Balaban J connectivity index is 3.62. The molecule has 0 aromatic heterocycles. The van der Waals surface area contributed by atoms with Crippen LogP contribution in [0, 0.1) is 5.92 Å². The number of carbonyl (C=O) groups is 1. The SMILES string of the molecule is CCC(CC)C(=O)NCCC(Br)COC. The average molecular weight is 280 g/mol. The maximum absolute atomic E-state index is 11.6. The highest BCUT2D eigenvalue weighted by molar-refractivity contribution is 9.09. The third kappa shape index (κ3) is 6.90. The normalized spacial score (nSPS) is 12.9. The molecule has 0 radical (unpaired) electrons. The van der Waals surface area contributed by atoms with E-state index < -0.39 is 0 Å². The summed E-state index contributed by atoms with van der Waals surface area (Å²) in [5.74, 6) is 0.346. The molecule has 0 aromatic carbocycles. The van der Waals surface area contributed by atoms with E-state index in [2.05, 4.69) is 21.2 Å². The standard InChI is InChI=1S/C11H22BrNO2/c1-4-9(5-2)11(14)13-7-6-10(12)8-15-3/h9-10H,4-8H2,1-3H3,(H,13,14). The molecule has 1 unspecified atom stereocenters. The second-order valence-electron chi connectivity index (χ2n) is 3.65. The van der Waals surface area contributed by atoms with E-state index in [1.54, 1.807) is 7.11 Å². The topological polar surface area (TPSA) is 38.3 Å². The molecule has 1 N–H and O–H groups in total.